The van der Waals surface area contributed by atoms with E-state index < -0.39 is 0 Å². The second-order valence-corrected chi connectivity index (χ2v) is 8.57. The van der Waals surface area contributed by atoms with Crippen LogP contribution in [-0.4, -0.2) is 47.9 Å². The lowest BCUT2D eigenvalue weighted by atomic mass is 10.1. The summed E-state index contributed by atoms with van der Waals surface area (Å²) in [5, 5.41) is 2.92. The van der Waals surface area contributed by atoms with Gasteiger partial charge in [-0.1, -0.05) is 17.7 Å². The van der Waals surface area contributed by atoms with Crippen LogP contribution in [0.3, 0.4) is 0 Å². The number of aryl methyl sites for hydroxylation is 3. The molecule has 1 saturated heterocycles. The Morgan fingerprint density at radius 1 is 1.03 bits per heavy atom. The molecule has 1 aliphatic heterocycles. The van der Waals surface area contributed by atoms with Crippen LogP contribution in [0.1, 0.15) is 33.5 Å². The predicted molar refractivity (Wildman–Crippen MR) is 119 cm³/mol. The topological polar surface area (TPSA) is 58.6 Å². The Morgan fingerprint density at radius 2 is 1.79 bits per heavy atom. The Morgan fingerprint density at radius 3 is 2.48 bits per heavy atom. The summed E-state index contributed by atoms with van der Waals surface area (Å²) < 4.78 is 5.74. The highest BCUT2D eigenvalue weighted by atomic mass is 32.2. The van der Waals surface area contributed by atoms with Crippen LogP contribution in [0.4, 0.5) is 5.69 Å². The molecule has 0 radical (unpaired) electrons. The number of ether oxygens (including phenoxy) is 1. The number of nitrogens with zero attached hydrogens (tertiary/aromatic N) is 1. The molecule has 2 aromatic rings. The van der Waals surface area contributed by atoms with Gasteiger partial charge in [-0.05, 0) is 56.2 Å². The van der Waals surface area contributed by atoms with Gasteiger partial charge in [0.2, 0.25) is 5.91 Å². The first-order valence-electron chi connectivity index (χ1n) is 9.91. The normalized spacial score (nSPS) is 13.8. The molecule has 154 valence electrons. The van der Waals surface area contributed by atoms with Gasteiger partial charge in [-0.3, -0.25) is 9.59 Å². The largest absolute Gasteiger partial charge is 0.493 e. The fourth-order valence-corrected chi connectivity index (χ4v) is 4.22. The van der Waals surface area contributed by atoms with E-state index in [9.17, 15) is 9.59 Å². The smallest absolute Gasteiger partial charge is 0.253 e. The van der Waals surface area contributed by atoms with Crippen molar-refractivity contribution >= 4 is 29.3 Å². The molecule has 0 saturated carbocycles. The number of hydrogen-bond acceptors (Lipinski definition) is 4. The van der Waals surface area contributed by atoms with Gasteiger partial charge in [-0.25, -0.2) is 0 Å². The van der Waals surface area contributed by atoms with Gasteiger partial charge in [0, 0.05) is 35.8 Å². The van der Waals surface area contributed by atoms with Crippen molar-refractivity contribution in [2.75, 3.05) is 36.5 Å². The first-order chi connectivity index (χ1) is 13.9. The minimum absolute atomic E-state index is 0.0631. The fraction of sp³-hybridized carbons (Fsp3) is 0.391. The van der Waals surface area contributed by atoms with Gasteiger partial charge in [0.1, 0.15) is 5.75 Å². The van der Waals surface area contributed by atoms with Crippen molar-refractivity contribution in [3.05, 3.63) is 58.7 Å². The zero-order valence-corrected chi connectivity index (χ0v) is 18.1. The fourth-order valence-electron chi connectivity index (χ4n) is 3.31. The van der Waals surface area contributed by atoms with Crippen molar-refractivity contribution < 1.29 is 14.3 Å². The summed E-state index contributed by atoms with van der Waals surface area (Å²) >= 11 is 1.88. The molecule has 29 heavy (non-hydrogen) atoms. The summed E-state index contributed by atoms with van der Waals surface area (Å²) in [7, 11) is 0. The Hall–Kier alpha value is -2.47. The van der Waals surface area contributed by atoms with Gasteiger partial charge < -0.3 is 15.0 Å². The number of hydrogen-bond donors (Lipinski definition) is 1. The lowest BCUT2D eigenvalue weighted by Gasteiger charge is -2.26. The van der Waals surface area contributed by atoms with Crippen molar-refractivity contribution in [1.82, 2.24) is 4.90 Å². The van der Waals surface area contributed by atoms with E-state index in [1.54, 1.807) is 6.07 Å². The van der Waals surface area contributed by atoms with Gasteiger partial charge in [0.05, 0.1) is 13.0 Å². The molecular formula is C23H28N2O3S. The molecule has 5 nitrogen and oxygen atoms in total. The number of benzene rings is 2. The molecule has 2 amide bonds. The number of rotatable bonds is 6. The standard InChI is InChI=1S/C23H28N2O3S/c1-16-4-7-21(18(3)14-16)28-11-8-22(26)24-20-6-5-19(15-17(20)2)23(27)25-9-12-29-13-10-25/h4-7,14-15H,8-13H2,1-3H3,(H,24,26). The Kier molecular flexibility index (Phi) is 7.20. The average Bonchev–Trinajstić information content (AvgIpc) is 2.71. The second-order valence-electron chi connectivity index (χ2n) is 7.35. The maximum absolute atomic E-state index is 12.6. The highest BCUT2D eigenvalue weighted by Gasteiger charge is 2.19. The van der Waals surface area contributed by atoms with E-state index in [4.69, 9.17) is 4.74 Å². The van der Waals surface area contributed by atoms with Crippen molar-refractivity contribution in [3.63, 3.8) is 0 Å². The van der Waals surface area contributed by atoms with Gasteiger partial charge in [0.15, 0.2) is 0 Å². The quantitative estimate of drug-likeness (QED) is 0.772. The highest BCUT2D eigenvalue weighted by molar-refractivity contribution is 7.99. The van der Waals surface area contributed by atoms with E-state index in [1.165, 1.54) is 5.56 Å². The monoisotopic (exact) mass is 412 g/mol. The number of carbonyl (C=O) groups is 2. The molecule has 0 spiro atoms. The van der Waals surface area contributed by atoms with E-state index in [2.05, 4.69) is 11.4 Å². The molecular weight excluding hydrogens is 384 g/mol. The van der Waals surface area contributed by atoms with Crippen LogP contribution in [-0.2, 0) is 4.79 Å². The molecule has 0 bridgehead atoms. The summed E-state index contributed by atoms with van der Waals surface area (Å²) in [6.07, 6.45) is 0.263. The van der Waals surface area contributed by atoms with Crippen LogP contribution >= 0.6 is 11.8 Å². The number of anilines is 1. The summed E-state index contributed by atoms with van der Waals surface area (Å²) in [4.78, 5) is 26.8. The Labute approximate surface area is 176 Å². The van der Waals surface area contributed by atoms with Crippen LogP contribution in [0.25, 0.3) is 0 Å². The molecule has 1 N–H and O–H groups in total. The number of nitrogens with one attached hydrogen (secondary N) is 1. The zero-order chi connectivity index (χ0) is 20.8. The van der Waals surface area contributed by atoms with Gasteiger partial charge in [0.25, 0.3) is 5.91 Å². The molecule has 6 heteroatoms. The van der Waals surface area contributed by atoms with Gasteiger partial charge >= 0.3 is 0 Å². The van der Waals surface area contributed by atoms with Gasteiger partial charge in [-0.2, -0.15) is 11.8 Å². The first-order valence-corrected chi connectivity index (χ1v) is 11.1. The molecule has 2 aromatic carbocycles. The minimum atomic E-state index is -0.106. The summed E-state index contributed by atoms with van der Waals surface area (Å²) in [6.45, 7) is 7.85. The third-order valence-electron chi connectivity index (χ3n) is 4.96. The Bertz CT molecular complexity index is 892. The number of amides is 2. The molecule has 3 rings (SSSR count). The lowest BCUT2D eigenvalue weighted by molar-refractivity contribution is -0.116. The predicted octanol–water partition coefficient (Wildman–Crippen LogP) is 4.21. The van der Waals surface area contributed by atoms with Crippen LogP contribution < -0.4 is 10.1 Å². The molecule has 0 aliphatic carbocycles. The number of thioether (sulfide) groups is 1. The summed E-state index contributed by atoms with van der Waals surface area (Å²) in [5.41, 5.74) is 4.53. The highest BCUT2D eigenvalue weighted by Crippen LogP contribution is 2.21. The van der Waals surface area contributed by atoms with E-state index in [1.807, 2.05) is 61.7 Å². The second kappa shape index (κ2) is 9.83. The minimum Gasteiger partial charge on any atom is -0.493 e. The van der Waals surface area contributed by atoms with E-state index >= 15 is 0 Å². The average molecular weight is 413 g/mol. The Balaban J connectivity index is 1.52. The SMILES string of the molecule is Cc1ccc(OCCC(=O)Nc2ccc(C(=O)N3CCSCC3)cc2C)c(C)c1. The van der Waals surface area contributed by atoms with Crippen LogP contribution in [0.15, 0.2) is 36.4 Å². The summed E-state index contributed by atoms with van der Waals surface area (Å²) in [5.74, 6) is 2.74. The van der Waals surface area contributed by atoms with Crippen molar-refractivity contribution in [3.8, 4) is 5.75 Å². The molecule has 0 atom stereocenters. The first kappa shape index (κ1) is 21.2. The van der Waals surface area contributed by atoms with Crippen LogP contribution in [0.5, 0.6) is 5.75 Å². The van der Waals surface area contributed by atoms with Crippen molar-refractivity contribution in [2.24, 2.45) is 0 Å². The molecule has 0 aromatic heterocycles. The third kappa shape index (κ3) is 5.76. The molecule has 0 unspecified atom stereocenters. The van der Waals surface area contributed by atoms with E-state index in [-0.39, 0.29) is 18.2 Å². The van der Waals surface area contributed by atoms with E-state index in [0.29, 0.717) is 12.2 Å². The number of carbonyl (C=O) groups excluding carboxylic acids is 2. The van der Waals surface area contributed by atoms with E-state index in [0.717, 1.165) is 47.2 Å². The molecule has 1 heterocycles. The summed E-state index contributed by atoms with van der Waals surface area (Å²) in [6, 6.07) is 11.4. The maximum atomic E-state index is 12.6. The van der Waals surface area contributed by atoms with Crippen LogP contribution in [0, 0.1) is 20.8 Å². The van der Waals surface area contributed by atoms with Gasteiger partial charge in [-0.15, -0.1) is 0 Å². The lowest BCUT2D eigenvalue weighted by Crippen LogP contribution is -2.37. The third-order valence-corrected chi connectivity index (χ3v) is 5.91. The maximum Gasteiger partial charge on any atom is 0.253 e. The van der Waals surface area contributed by atoms with Crippen molar-refractivity contribution in [2.45, 2.75) is 27.2 Å². The van der Waals surface area contributed by atoms with Crippen LogP contribution in [0.2, 0.25) is 0 Å². The molecule has 1 fully saturated rings. The molecule has 1 aliphatic rings. The zero-order valence-electron chi connectivity index (χ0n) is 17.3. The van der Waals surface area contributed by atoms with Crippen molar-refractivity contribution in [1.29, 1.82) is 0 Å².